The van der Waals surface area contributed by atoms with E-state index in [2.05, 4.69) is 15.1 Å². The monoisotopic (exact) mass is 323 g/mol. The lowest BCUT2D eigenvalue weighted by Gasteiger charge is -2.30. The fourth-order valence-corrected chi connectivity index (χ4v) is 2.66. The number of halogens is 1. The highest BCUT2D eigenvalue weighted by molar-refractivity contribution is 6.30. The number of aromatic nitrogens is 2. The molecule has 0 bridgehead atoms. The number of aliphatic hydroxyl groups is 2. The Morgan fingerprint density at radius 3 is 2.68 bits per heavy atom. The number of hydrogen-bond donors (Lipinski definition) is 3. The number of nitrogens with one attached hydrogen (secondary N) is 1. The molecule has 1 heterocycles. The zero-order valence-electron chi connectivity index (χ0n) is 12.9. The third-order valence-corrected chi connectivity index (χ3v) is 3.92. The molecule has 0 unspecified atom stereocenters. The SMILES string of the molecule is CN(Cc1cn[nH]c1-c1cccc(Cl)c1)CC(C)(CO)CO. The summed E-state index contributed by atoms with van der Waals surface area (Å²) in [6.45, 7) is 2.99. The molecule has 0 saturated heterocycles. The predicted octanol–water partition coefficient (Wildman–Crippen LogP) is 2.15. The molecule has 5 nitrogen and oxygen atoms in total. The van der Waals surface area contributed by atoms with Crippen LogP contribution in [0.25, 0.3) is 11.3 Å². The van der Waals surface area contributed by atoms with Crippen molar-refractivity contribution in [2.45, 2.75) is 13.5 Å². The van der Waals surface area contributed by atoms with E-state index in [-0.39, 0.29) is 13.2 Å². The summed E-state index contributed by atoms with van der Waals surface area (Å²) in [5.41, 5.74) is 2.45. The van der Waals surface area contributed by atoms with Crippen molar-refractivity contribution >= 4 is 11.6 Å². The van der Waals surface area contributed by atoms with Crippen molar-refractivity contribution in [2.75, 3.05) is 26.8 Å². The third-order valence-electron chi connectivity index (χ3n) is 3.69. The summed E-state index contributed by atoms with van der Waals surface area (Å²) < 4.78 is 0. The Morgan fingerprint density at radius 1 is 1.32 bits per heavy atom. The van der Waals surface area contributed by atoms with Crippen LogP contribution >= 0.6 is 11.6 Å². The number of nitrogens with zero attached hydrogens (tertiary/aromatic N) is 2. The van der Waals surface area contributed by atoms with Crippen LogP contribution in [0.5, 0.6) is 0 Å². The minimum atomic E-state index is -0.519. The van der Waals surface area contributed by atoms with Crippen molar-refractivity contribution < 1.29 is 10.2 Å². The molecule has 0 radical (unpaired) electrons. The van der Waals surface area contributed by atoms with Gasteiger partial charge in [0.25, 0.3) is 0 Å². The second kappa shape index (κ2) is 7.24. The van der Waals surface area contributed by atoms with Crippen LogP contribution < -0.4 is 0 Å². The Hall–Kier alpha value is -1.40. The largest absolute Gasteiger partial charge is 0.396 e. The first-order valence-electron chi connectivity index (χ1n) is 7.16. The Balaban J connectivity index is 2.13. The van der Waals surface area contributed by atoms with Crippen molar-refractivity contribution in [2.24, 2.45) is 5.41 Å². The maximum Gasteiger partial charge on any atom is 0.0695 e. The van der Waals surface area contributed by atoms with Crippen molar-refractivity contribution in [3.63, 3.8) is 0 Å². The van der Waals surface area contributed by atoms with E-state index in [9.17, 15) is 10.2 Å². The van der Waals surface area contributed by atoms with E-state index in [0.717, 1.165) is 16.8 Å². The van der Waals surface area contributed by atoms with Gasteiger partial charge in [0.15, 0.2) is 0 Å². The van der Waals surface area contributed by atoms with Crippen LogP contribution in [0.4, 0.5) is 0 Å². The summed E-state index contributed by atoms with van der Waals surface area (Å²) in [4.78, 5) is 2.06. The molecule has 1 aromatic carbocycles. The predicted molar refractivity (Wildman–Crippen MR) is 87.6 cm³/mol. The molecule has 120 valence electrons. The van der Waals surface area contributed by atoms with E-state index in [0.29, 0.717) is 18.1 Å². The maximum absolute atomic E-state index is 9.40. The number of H-pyrrole nitrogens is 1. The van der Waals surface area contributed by atoms with Crippen molar-refractivity contribution in [1.29, 1.82) is 0 Å². The Morgan fingerprint density at radius 2 is 2.05 bits per heavy atom. The highest BCUT2D eigenvalue weighted by Crippen LogP contribution is 2.25. The van der Waals surface area contributed by atoms with Gasteiger partial charge in [0, 0.05) is 34.7 Å². The van der Waals surface area contributed by atoms with Gasteiger partial charge in [-0.15, -0.1) is 0 Å². The van der Waals surface area contributed by atoms with Crippen molar-refractivity contribution in [3.8, 4) is 11.3 Å². The molecule has 1 aromatic heterocycles. The van der Waals surface area contributed by atoms with Crippen molar-refractivity contribution in [1.82, 2.24) is 15.1 Å². The minimum absolute atomic E-state index is 0.0552. The van der Waals surface area contributed by atoms with Crippen LogP contribution in [0.2, 0.25) is 5.02 Å². The number of hydrogen-bond acceptors (Lipinski definition) is 4. The molecule has 6 heteroatoms. The normalized spacial score (nSPS) is 12.1. The fraction of sp³-hybridized carbons (Fsp3) is 0.438. The van der Waals surface area contributed by atoms with Crippen LogP contribution in [0.1, 0.15) is 12.5 Å². The lowest BCUT2D eigenvalue weighted by molar-refractivity contribution is 0.0402. The van der Waals surface area contributed by atoms with E-state index in [1.807, 2.05) is 38.2 Å². The van der Waals surface area contributed by atoms with Gasteiger partial charge in [-0.05, 0) is 19.2 Å². The molecule has 0 atom stereocenters. The first-order valence-corrected chi connectivity index (χ1v) is 7.54. The van der Waals surface area contributed by atoms with Gasteiger partial charge in [0.2, 0.25) is 0 Å². The Bertz CT molecular complexity index is 611. The van der Waals surface area contributed by atoms with Gasteiger partial charge in [-0.25, -0.2) is 0 Å². The van der Waals surface area contributed by atoms with E-state index in [1.54, 1.807) is 6.20 Å². The van der Waals surface area contributed by atoms with Crippen LogP contribution in [0.15, 0.2) is 30.5 Å². The van der Waals surface area contributed by atoms with E-state index in [4.69, 9.17) is 11.6 Å². The first kappa shape index (κ1) is 17.0. The fourth-order valence-electron chi connectivity index (χ4n) is 2.47. The van der Waals surface area contributed by atoms with Gasteiger partial charge in [-0.2, -0.15) is 5.10 Å². The van der Waals surface area contributed by atoms with E-state index >= 15 is 0 Å². The smallest absolute Gasteiger partial charge is 0.0695 e. The Kier molecular flexibility index (Phi) is 5.58. The highest BCUT2D eigenvalue weighted by atomic mass is 35.5. The molecule has 2 rings (SSSR count). The zero-order chi connectivity index (χ0) is 16.2. The molecule has 0 fully saturated rings. The lowest BCUT2D eigenvalue weighted by Crippen LogP contribution is -2.38. The molecular formula is C16H22ClN3O2. The van der Waals surface area contributed by atoms with Crippen LogP contribution in [-0.4, -0.2) is 52.1 Å². The summed E-state index contributed by atoms with van der Waals surface area (Å²) in [6.07, 6.45) is 1.79. The summed E-state index contributed by atoms with van der Waals surface area (Å²) >= 11 is 6.04. The maximum atomic E-state index is 9.40. The molecule has 0 spiro atoms. The third kappa shape index (κ3) is 4.08. The van der Waals surface area contributed by atoms with Crippen molar-refractivity contribution in [3.05, 3.63) is 41.0 Å². The molecule has 0 aliphatic heterocycles. The molecule has 0 amide bonds. The van der Waals surface area contributed by atoms with Gasteiger partial charge in [0.1, 0.15) is 0 Å². The number of aliphatic hydroxyl groups excluding tert-OH is 2. The standard InChI is InChI=1S/C16H22ClN3O2/c1-16(10-21,11-22)9-20(2)8-13-7-18-19-15(13)12-4-3-5-14(17)6-12/h3-7,21-22H,8-11H2,1-2H3,(H,18,19). The summed E-state index contributed by atoms with van der Waals surface area (Å²) in [6, 6.07) is 7.61. The average Bonchev–Trinajstić information content (AvgIpc) is 2.95. The molecule has 0 aliphatic carbocycles. The van der Waals surface area contributed by atoms with Gasteiger partial charge in [0.05, 0.1) is 25.1 Å². The van der Waals surface area contributed by atoms with E-state index < -0.39 is 5.41 Å². The quantitative estimate of drug-likeness (QED) is 0.730. The lowest BCUT2D eigenvalue weighted by atomic mass is 9.92. The molecular weight excluding hydrogens is 302 g/mol. The zero-order valence-corrected chi connectivity index (χ0v) is 13.6. The van der Waals surface area contributed by atoms with Gasteiger partial charge in [-0.1, -0.05) is 30.7 Å². The minimum Gasteiger partial charge on any atom is -0.396 e. The average molecular weight is 324 g/mol. The second-order valence-corrected chi connectivity index (χ2v) is 6.52. The van der Waals surface area contributed by atoms with Crippen LogP contribution in [0.3, 0.4) is 0 Å². The van der Waals surface area contributed by atoms with Gasteiger partial charge in [-0.3, -0.25) is 5.10 Å². The first-order chi connectivity index (χ1) is 10.5. The number of benzene rings is 1. The Labute approximate surface area is 135 Å². The molecule has 22 heavy (non-hydrogen) atoms. The summed E-state index contributed by atoms with van der Waals surface area (Å²) in [5.74, 6) is 0. The molecule has 0 aliphatic rings. The topological polar surface area (TPSA) is 72.4 Å². The molecule has 2 aromatic rings. The summed E-state index contributed by atoms with van der Waals surface area (Å²) in [5, 5.41) is 26.6. The number of aromatic amines is 1. The van der Waals surface area contributed by atoms with Crippen LogP contribution in [0, 0.1) is 5.41 Å². The van der Waals surface area contributed by atoms with E-state index in [1.165, 1.54) is 0 Å². The molecule has 3 N–H and O–H groups in total. The second-order valence-electron chi connectivity index (χ2n) is 6.08. The number of rotatable bonds is 7. The van der Waals surface area contributed by atoms with Crippen LogP contribution in [-0.2, 0) is 6.54 Å². The van der Waals surface area contributed by atoms with Gasteiger partial charge < -0.3 is 15.1 Å². The van der Waals surface area contributed by atoms with Gasteiger partial charge >= 0.3 is 0 Å². The summed E-state index contributed by atoms with van der Waals surface area (Å²) in [7, 11) is 1.96. The molecule has 0 saturated carbocycles. The highest BCUT2D eigenvalue weighted by Gasteiger charge is 2.24.